The number of phenols is 1. The molecule has 0 unspecified atom stereocenters. The molecule has 2 nitrogen and oxygen atoms in total. The molecular formula is C10H11BrClNO. The Bertz CT molecular complexity index is 369. The molecule has 1 aromatic carbocycles. The molecule has 0 spiro atoms. The zero-order valence-electron chi connectivity index (χ0n) is 7.50. The van der Waals surface area contributed by atoms with Gasteiger partial charge in [0.25, 0.3) is 0 Å². The fraction of sp³-hybridized carbons (Fsp3) is 0.400. The molecule has 3 N–H and O–H groups in total. The number of rotatable bonds is 2. The highest BCUT2D eigenvalue weighted by atomic mass is 79.9. The summed E-state index contributed by atoms with van der Waals surface area (Å²) in [6.07, 6.45) is 1.05. The van der Waals surface area contributed by atoms with Crippen molar-refractivity contribution in [1.29, 1.82) is 0 Å². The maximum atomic E-state index is 9.80. The van der Waals surface area contributed by atoms with Gasteiger partial charge in [-0.05, 0) is 58.4 Å². The van der Waals surface area contributed by atoms with E-state index in [1.165, 1.54) is 0 Å². The second-order valence-electron chi connectivity index (χ2n) is 3.66. The van der Waals surface area contributed by atoms with Crippen molar-refractivity contribution >= 4 is 27.5 Å². The fourth-order valence-corrected chi connectivity index (χ4v) is 2.59. The molecule has 0 saturated heterocycles. The first-order chi connectivity index (χ1) is 6.63. The minimum Gasteiger partial charge on any atom is -0.506 e. The van der Waals surface area contributed by atoms with Gasteiger partial charge >= 0.3 is 0 Å². The second-order valence-corrected chi connectivity index (χ2v) is 4.95. The van der Waals surface area contributed by atoms with Crippen LogP contribution in [0, 0.1) is 5.92 Å². The smallest absolute Gasteiger partial charge is 0.133 e. The summed E-state index contributed by atoms with van der Waals surface area (Å²) in [5.41, 5.74) is 6.48. The Hall–Kier alpha value is -0.250. The van der Waals surface area contributed by atoms with Crippen LogP contribution in [0.1, 0.15) is 17.9 Å². The van der Waals surface area contributed by atoms with Gasteiger partial charge < -0.3 is 10.8 Å². The molecule has 1 aliphatic rings. The van der Waals surface area contributed by atoms with Gasteiger partial charge in [0.05, 0.1) is 4.47 Å². The summed E-state index contributed by atoms with van der Waals surface area (Å²) in [6, 6.07) is 3.52. The Morgan fingerprint density at radius 1 is 1.57 bits per heavy atom. The summed E-state index contributed by atoms with van der Waals surface area (Å²) in [5.74, 6) is 1.19. The van der Waals surface area contributed by atoms with E-state index in [4.69, 9.17) is 17.3 Å². The second kappa shape index (κ2) is 3.72. The van der Waals surface area contributed by atoms with Crippen LogP contribution in [0.15, 0.2) is 16.6 Å². The van der Waals surface area contributed by atoms with Crippen molar-refractivity contribution in [2.75, 3.05) is 6.54 Å². The molecule has 76 valence electrons. The van der Waals surface area contributed by atoms with Crippen LogP contribution >= 0.6 is 27.5 Å². The van der Waals surface area contributed by atoms with Crippen molar-refractivity contribution < 1.29 is 5.11 Å². The monoisotopic (exact) mass is 275 g/mol. The number of nitrogens with two attached hydrogens (primary N) is 1. The quantitative estimate of drug-likeness (QED) is 0.872. The molecule has 1 fully saturated rings. The van der Waals surface area contributed by atoms with Crippen LogP contribution < -0.4 is 5.73 Å². The fourth-order valence-electron chi connectivity index (χ4n) is 1.76. The molecule has 0 heterocycles. The third-order valence-electron chi connectivity index (χ3n) is 2.68. The van der Waals surface area contributed by atoms with E-state index in [0.29, 0.717) is 33.6 Å². The minimum atomic E-state index is 0.301. The van der Waals surface area contributed by atoms with Crippen molar-refractivity contribution in [3.05, 3.63) is 27.2 Å². The van der Waals surface area contributed by atoms with Crippen molar-refractivity contribution in [3.63, 3.8) is 0 Å². The van der Waals surface area contributed by atoms with Gasteiger partial charge in [-0.15, -0.1) is 0 Å². The lowest BCUT2D eigenvalue weighted by Crippen LogP contribution is -2.02. The van der Waals surface area contributed by atoms with Gasteiger partial charge in [-0.3, -0.25) is 0 Å². The van der Waals surface area contributed by atoms with Crippen LogP contribution in [0.25, 0.3) is 0 Å². The topological polar surface area (TPSA) is 46.2 Å². The molecule has 1 aliphatic carbocycles. The van der Waals surface area contributed by atoms with E-state index in [0.717, 1.165) is 12.0 Å². The van der Waals surface area contributed by atoms with E-state index in [2.05, 4.69) is 15.9 Å². The largest absolute Gasteiger partial charge is 0.506 e. The first-order valence-corrected chi connectivity index (χ1v) is 5.68. The number of hydrogen-bond acceptors (Lipinski definition) is 2. The van der Waals surface area contributed by atoms with E-state index in [-0.39, 0.29) is 0 Å². The summed E-state index contributed by atoms with van der Waals surface area (Å²) in [4.78, 5) is 0. The highest BCUT2D eigenvalue weighted by Crippen LogP contribution is 2.51. The lowest BCUT2D eigenvalue weighted by molar-refractivity contribution is 0.464. The predicted molar refractivity (Wildman–Crippen MR) is 60.7 cm³/mol. The van der Waals surface area contributed by atoms with Gasteiger partial charge in [-0.25, -0.2) is 0 Å². The summed E-state index contributed by atoms with van der Waals surface area (Å²) in [7, 11) is 0. The lowest BCUT2D eigenvalue weighted by Gasteiger charge is -2.06. The first-order valence-electron chi connectivity index (χ1n) is 4.51. The molecule has 2 atom stereocenters. The molecule has 0 radical (unpaired) electrons. The first kappa shape index (κ1) is 10.3. The van der Waals surface area contributed by atoms with Crippen molar-refractivity contribution in [2.24, 2.45) is 11.7 Å². The minimum absolute atomic E-state index is 0.301. The zero-order valence-corrected chi connectivity index (χ0v) is 9.85. The molecule has 1 aromatic rings. The third-order valence-corrected chi connectivity index (χ3v) is 3.51. The van der Waals surface area contributed by atoms with Gasteiger partial charge in [0, 0.05) is 5.02 Å². The molecule has 0 aromatic heterocycles. The van der Waals surface area contributed by atoms with Crippen LogP contribution in [-0.4, -0.2) is 11.7 Å². The standard InChI is InChI=1S/C10H11BrClNO/c11-9-3-6(12)2-8(10(9)14)7-1-5(7)4-13/h2-3,5,7,14H,1,4,13H2/t5-,7+/m0/s1. The van der Waals surface area contributed by atoms with E-state index in [1.54, 1.807) is 6.07 Å². The number of benzene rings is 1. The third kappa shape index (κ3) is 1.76. The van der Waals surface area contributed by atoms with Crippen LogP contribution in [0.4, 0.5) is 0 Å². The highest BCUT2D eigenvalue weighted by Gasteiger charge is 2.39. The molecule has 0 amide bonds. The number of phenolic OH excluding ortho intramolecular Hbond substituents is 1. The average Bonchev–Trinajstić information content (AvgIpc) is 2.90. The van der Waals surface area contributed by atoms with Gasteiger partial charge in [0.2, 0.25) is 0 Å². The average molecular weight is 277 g/mol. The molecular weight excluding hydrogens is 265 g/mol. The van der Waals surface area contributed by atoms with E-state index in [9.17, 15) is 5.11 Å². The van der Waals surface area contributed by atoms with Gasteiger partial charge in [-0.1, -0.05) is 11.6 Å². The van der Waals surface area contributed by atoms with Crippen LogP contribution in [0.2, 0.25) is 5.02 Å². The summed E-state index contributed by atoms with van der Waals surface area (Å²) < 4.78 is 0.655. The van der Waals surface area contributed by atoms with Gasteiger partial charge in [0.15, 0.2) is 0 Å². The molecule has 2 rings (SSSR count). The van der Waals surface area contributed by atoms with Gasteiger partial charge in [-0.2, -0.15) is 0 Å². The highest BCUT2D eigenvalue weighted by molar-refractivity contribution is 9.10. The normalized spacial score (nSPS) is 25.1. The molecule has 14 heavy (non-hydrogen) atoms. The Morgan fingerprint density at radius 3 is 2.86 bits per heavy atom. The SMILES string of the molecule is NC[C@@H]1C[C@H]1c1cc(Cl)cc(Br)c1O. The van der Waals surface area contributed by atoms with Crippen LogP contribution in [-0.2, 0) is 0 Å². The Kier molecular flexibility index (Phi) is 2.73. The van der Waals surface area contributed by atoms with E-state index in [1.807, 2.05) is 6.07 Å². The van der Waals surface area contributed by atoms with Crippen LogP contribution in [0.3, 0.4) is 0 Å². The molecule has 0 aliphatic heterocycles. The number of halogens is 2. The summed E-state index contributed by atoms with van der Waals surface area (Å²) in [5, 5.41) is 10.4. The van der Waals surface area contributed by atoms with E-state index >= 15 is 0 Å². The Labute approximate surface area is 96.2 Å². The van der Waals surface area contributed by atoms with Gasteiger partial charge in [0.1, 0.15) is 5.75 Å². The molecule has 1 saturated carbocycles. The Balaban J connectivity index is 2.34. The maximum Gasteiger partial charge on any atom is 0.133 e. The van der Waals surface area contributed by atoms with Crippen molar-refractivity contribution in [2.45, 2.75) is 12.3 Å². The Morgan fingerprint density at radius 2 is 2.29 bits per heavy atom. The van der Waals surface area contributed by atoms with Crippen molar-refractivity contribution in [1.82, 2.24) is 0 Å². The zero-order chi connectivity index (χ0) is 10.3. The summed E-state index contributed by atoms with van der Waals surface area (Å²) in [6.45, 7) is 0.675. The molecule has 4 heteroatoms. The maximum absolute atomic E-state index is 9.80. The van der Waals surface area contributed by atoms with Crippen molar-refractivity contribution in [3.8, 4) is 5.75 Å². The number of hydrogen-bond donors (Lipinski definition) is 2. The van der Waals surface area contributed by atoms with Crippen LogP contribution in [0.5, 0.6) is 5.75 Å². The number of aromatic hydroxyl groups is 1. The molecule has 0 bridgehead atoms. The predicted octanol–water partition coefficient (Wildman–Crippen LogP) is 2.87. The summed E-state index contributed by atoms with van der Waals surface area (Å²) >= 11 is 9.18. The lowest BCUT2D eigenvalue weighted by atomic mass is 10.1. The van der Waals surface area contributed by atoms with E-state index < -0.39 is 0 Å².